The van der Waals surface area contributed by atoms with Crippen LogP contribution in [0.5, 0.6) is 0 Å². The standard InChI is InChI=1S/C11H16ClNO/c1-8(2)11(7-14)13-10-5-3-9(12)4-6-10/h3-6,8,11,13-14H,7H2,1-2H3. The summed E-state index contributed by atoms with van der Waals surface area (Å²) in [6.45, 7) is 4.29. The Morgan fingerprint density at radius 3 is 2.29 bits per heavy atom. The van der Waals surface area contributed by atoms with Crippen LogP contribution in [0.15, 0.2) is 24.3 Å². The number of benzene rings is 1. The van der Waals surface area contributed by atoms with E-state index >= 15 is 0 Å². The first kappa shape index (κ1) is 11.3. The number of anilines is 1. The summed E-state index contributed by atoms with van der Waals surface area (Å²) >= 11 is 5.77. The first-order valence-corrected chi connectivity index (χ1v) is 5.14. The van der Waals surface area contributed by atoms with Crippen molar-refractivity contribution >= 4 is 17.3 Å². The van der Waals surface area contributed by atoms with Crippen LogP contribution < -0.4 is 5.32 Å². The van der Waals surface area contributed by atoms with E-state index in [2.05, 4.69) is 19.2 Å². The van der Waals surface area contributed by atoms with Crippen LogP contribution >= 0.6 is 11.6 Å². The van der Waals surface area contributed by atoms with E-state index in [1.165, 1.54) is 0 Å². The second kappa shape index (κ2) is 5.23. The molecule has 0 saturated carbocycles. The van der Waals surface area contributed by atoms with Crippen LogP contribution in [0.3, 0.4) is 0 Å². The first-order valence-electron chi connectivity index (χ1n) is 4.76. The summed E-state index contributed by atoms with van der Waals surface area (Å²) in [5, 5.41) is 13.1. The maximum atomic E-state index is 9.12. The third kappa shape index (κ3) is 3.20. The van der Waals surface area contributed by atoms with Gasteiger partial charge in [-0.1, -0.05) is 25.4 Å². The smallest absolute Gasteiger partial charge is 0.0635 e. The van der Waals surface area contributed by atoms with Crippen LogP contribution in [0.25, 0.3) is 0 Å². The van der Waals surface area contributed by atoms with Gasteiger partial charge in [0.15, 0.2) is 0 Å². The largest absolute Gasteiger partial charge is 0.394 e. The molecule has 2 nitrogen and oxygen atoms in total. The molecule has 0 aliphatic rings. The summed E-state index contributed by atoms with van der Waals surface area (Å²) in [4.78, 5) is 0. The molecule has 78 valence electrons. The van der Waals surface area contributed by atoms with Crippen molar-refractivity contribution < 1.29 is 5.11 Å². The third-order valence-electron chi connectivity index (χ3n) is 2.20. The van der Waals surface area contributed by atoms with Crippen LogP contribution in [0, 0.1) is 5.92 Å². The monoisotopic (exact) mass is 213 g/mol. The Balaban J connectivity index is 2.63. The zero-order valence-electron chi connectivity index (χ0n) is 8.50. The predicted molar refractivity (Wildman–Crippen MR) is 60.8 cm³/mol. The van der Waals surface area contributed by atoms with Crippen LogP contribution in [0.4, 0.5) is 5.69 Å². The summed E-state index contributed by atoms with van der Waals surface area (Å²) in [5.74, 6) is 0.399. The van der Waals surface area contributed by atoms with Gasteiger partial charge in [-0.2, -0.15) is 0 Å². The van der Waals surface area contributed by atoms with Crippen molar-refractivity contribution in [2.24, 2.45) is 5.92 Å². The van der Waals surface area contributed by atoms with Crippen LogP contribution in [0.1, 0.15) is 13.8 Å². The number of nitrogens with one attached hydrogen (secondary N) is 1. The molecule has 14 heavy (non-hydrogen) atoms. The molecular formula is C11H16ClNO. The number of hydrogen-bond acceptors (Lipinski definition) is 2. The second-order valence-corrected chi connectivity index (χ2v) is 4.12. The summed E-state index contributed by atoms with van der Waals surface area (Å²) in [7, 11) is 0. The Bertz CT molecular complexity index is 271. The molecule has 0 saturated heterocycles. The summed E-state index contributed by atoms with van der Waals surface area (Å²) < 4.78 is 0. The van der Waals surface area contributed by atoms with Crippen molar-refractivity contribution in [1.82, 2.24) is 0 Å². The topological polar surface area (TPSA) is 32.3 Å². The van der Waals surface area contributed by atoms with Crippen molar-refractivity contribution in [3.8, 4) is 0 Å². The van der Waals surface area contributed by atoms with E-state index in [0.717, 1.165) is 10.7 Å². The molecule has 3 heteroatoms. The zero-order valence-corrected chi connectivity index (χ0v) is 9.25. The van der Waals surface area contributed by atoms with Gasteiger partial charge < -0.3 is 10.4 Å². The van der Waals surface area contributed by atoms with Crippen LogP contribution in [-0.2, 0) is 0 Å². The van der Waals surface area contributed by atoms with Crippen molar-refractivity contribution in [2.45, 2.75) is 19.9 Å². The minimum atomic E-state index is 0.0937. The van der Waals surface area contributed by atoms with Gasteiger partial charge in [0.25, 0.3) is 0 Å². The first-order chi connectivity index (χ1) is 6.63. The number of rotatable bonds is 4. The Hall–Kier alpha value is -0.730. The fourth-order valence-corrected chi connectivity index (χ4v) is 1.31. The van der Waals surface area contributed by atoms with Crippen molar-refractivity contribution in [3.05, 3.63) is 29.3 Å². The van der Waals surface area contributed by atoms with Crippen molar-refractivity contribution in [3.63, 3.8) is 0 Å². The Labute approximate surface area is 89.9 Å². The number of aliphatic hydroxyl groups excluding tert-OH is 1. The fourth-order valence-electron chi connectivity index (χ4n) is 1.18. The molecule has 0 heterocycles. The summed E-state index contributed by atoms with van der Waals surface area (Å²) in [5.41, 5.74) is 0.988. The normalized spacial score (nSPS) is 12.9. The van der Waals surface area contributed by atoms with Crippen LogP contribution in [0.2, 0.25) is 5.02 Å². The van der Waals surface area contributed by atoms with Gasteiger partial charge in [0.2, 0.25) is 0 Å². The number of aliphatic hydroxyl groups is 1. The minimum absolute atomic E-state index is 0.0937. The van der Waals surface area contributed by atoms with Crippen LogP contribution in [-0.4, -0.2) is 17.8 Å². The molecule has 2 N–H and O–H groups in total. The van der Waals surface area contributed by atoms with Gasteiger partial charge in [0.1, 0.15) is 0 Å². The van der Waals surface area contributed by atoms with E-state index in [-0.39, 0.29) is 12.6 Å². The second-order valence-electron chi connectivity index (χ2n) is 3.68. The van der Waals surface area contributed by atoms with Crippen molar-refractivity contribution in [1.29, 1.82) is 0 Å². The molecule has 1 aromatic rings. The van der Waals surface area contributed by atoms with E-state index < -0.39 is 0 Å². The summed E-state index contributed by atoms with van der Waals surface area (Å²) in [6, 6.07) is 7.58. The molecule has 1 aromatic carbocycles. The highest BCUT2D eigenvalue weighted by Gasteiger charge is 2.10. The molecule has 0 spiro atoms. The Morgan fingerprint density at radius 1 is 1.29 bits per heavy atom. The van der Waals surface area contributed by atoms with Gasteiger partial charge in [-0.15, -0.1) is 0 Å². The molecule has 0 amide bonds. The zero-order chi connectivity index (χ0) is 10.6. The van der Waals surface area contributed by atoms with Gasteiger partial charge in [-0.05, 0) is 30.2 Å². The maximum absolute atomic E-state index is 9.12. The SMILES string of the molecule is CC(C)C(CO)Nc1ccc(Cl)cc1. The van der Waals surface area contributed by atoms with E-state index in [9.17, 15) is 0 Å². The molecule has 0 aromatic heterocycles. The fraction of sp³-hybridized carbons (Fsp3) is 0.455. The molecule has 1 unspecified atom stereocenters. The lowest BCUT2D eigenvalue weighted by Crippen LogP contribution is -2.29. The Kier molecular flexibility index (Phi) is 4.23. The Morgan fingerprint density at radius 2 is 1.86 bits per heavy atom. The van der Waals surface area contributed by atoms with Gasteiger partial charge in [0, 0.05) is 10.7 Å². The lowest BCUT2D eigenvalue weighted by Gasteiger charge is -2.21. The van der Waals surface area contributed by atoms with E-state index in [1.807, 2.05) is 24.3 Å². The van der Waals surface area contributed by atoms with Gasteiger partial charge in [-0.3, -0.25) is 0 Å². The summed E-state index contributed by atoms with van der Waals surface area (Å²) in [6.07, 6.45) is 0. The minimum Gasteiger partial charge on any atom is -0.394 e. The van der Waals surface area contributed by atoms with E-state index in [4.69, 9.17) is 16.7 Å². The number of halogens is 1. The average Bonchev–Trinajstić information content (AvgIpc) is 2.16. The van der Waals surface area contributed by atoms with E-state index in [1.54, 1.807) is 0 Å². The maximum Gasteiger partial charge on any atom is 0.0635 e. The molecule has 1 rings (SSSR count). The highest BCUT2D eigenvalue weighted by Crippen LogP contribution is 2.16. The lowest BCUT2D eigenvalue weighted by molar-refractivity contribution is 0.249. The third-order valence-corrected chi connectivity index (χ3v) is 2.45. The number of hydrogen-bond donors (Lipinski definition) is 2. The molecule has 0 bridgehead atoms. The molecule has 0 radical (unpaired) electrons. The molecular weight excluding hydrogens is 198 g/mol. The lowest BCUT2D eigenvalue weighted by atomic mass is 10.1. The van der Waals surface area contributed by atoms with Crippen molar-refractivity contribution in [2.75, 3.05) is 11.9 Å². The van der Waals surface area contributed by atoms with Gasteiger partial charge in [0.05, 0.1) is 12.6 Å². The molecule has 0 aliphatic heterocycles. The molecule has 0 fully saturated rings. The molecule has 1 atom stereocenters. The quantitative estimate of drug-likeness (QED) is 0.806. The molecule has 0 aliphatic carbocycles. The predicted octanol–water partition coefficient (Wildman–Crippen LogP) is 2.77. The van der Waals surface area contributed by atoms with E-state index in [0.29, 0.717) is 5.92 Å². The average molecular weight is 214 g/mol. The van der Waals surface area contributed by atoms with Gasteiger partial charge >= 0.3 is 0 Å². The highest BCUT2D eigenvalue weighted by atomic mass is 35.5. The van der Waals surface area contributed by atoms with Gasteiger partial charge in [-0.25, -0.2) is 0 Å². The highest BCUT2D eigenvalue weighted by molar-refractivity contribution is 6.30.